The van der Waals surface area contributed by atoms with E-state index < -0.39 is 10.0 Å². The Morgan fingerprint density at radius 3 is 2.64 bits per heavy atom. The van der Waals surface area contributed by atoms with Crippen molar-refractivity contribution >= 4 is 22.4 Å². The van der Waals surface area contributed by atoms with Gasteiger partial charge in [-0.2, -0.15) is 4.31 Å². The molecule has 1 atom stereocenters. The van der Waals surface area contributed by atoms with Gasteiger partial charge in [-0.15, -0.1) is 12.4 Å². The van der Waals surface area contributed by atoms with Gasteiger partial charge in [-0.1, -0.05) is 0 Å². The second kappa shape index (κ2) is 7.88. The first-order valence-electron chi connectivity index (χ1n) is 8.35. The van der Waals surface area contributed by atoms with Crippen molar-refractivity contribution in [2.45, 2.75) is 24.7 Å². The molecular formula is C17H26ClFN2O3S. The highest BCUT2D eigenvalue weighted by Crippen LogP contribution is 2.45. The van der Waals surface area contributed by atoms with Crippen LogP contribution in [0.1, 0.15) is 18.4 Å². The molecule has 1 aromatic rings. The Morgan fingerprint density at radius 2 is 2.04 bits per heavy atom. The van der Waals surface area contributed by atoms with Gasteiger partial charge in [-0.25, -0.2) is 12.8 Å². The maximum Gasteiger partial charge on any atom is 0.243 e. The summed E-state index contributed by atoms with van der Waals surface area (Å²) in [5.41, 5.74) is 0.323. The van der Waals surface area contributed by atoms with E-state index in [4.69, 9.17) is 4.74 Å². The van der Waals surface area contributed by atoms with E-state index >= 15 is 0 Å². The predicted molar refractivity (Wildman–Crippen MR) is 97.0 cm³/mol. The molecule has 2 aliphatic rings. The van der Waals surface area contributed by atoms with E-state index in [1.54, 1.807) is 18.3 Å². The van der Waals surface area contributed by atoms with Gasteiger partial charge in [0.1, 0.15) is 5.82 Å². The average Bonchev–Trinajstić information content (AvgIpc) is 2.90. The first-order chi connectivity index (χ1) is 11.4. The van der Waals surface area contributed by atoms with Gasteiger partial charge in [0.05, 0.1) is 11.5 Å². The Labute approximate surface area is 155 Å². The maximum atomic E-state index is 13.5. The van der Waals surface area contributed by atoms with E-state index in [1.807, 2.05) is 0 Å². The number of aryl methyl sites for hydroxylation is 1. The van der Waals surface area contributed by atoms with Crippen LogP contribution < -0.4 is 5.32 Å². The van der Waals surface area contributed by atoms with Gasteiger partial charge in [0.25, 0.3) is 0 Å². The third-order valence-corrected chi connectivity index (χ3v) is 7.32. The summed E-state index contributed by atoms with van der Waals surface area (Å²) in [7, 11) is -1.95. The second-order valence-electron chi connectivity index (χ2n) is 6.97. The molecule has 2 fully saturated rings. The van der Waals surface area contributed by atoms with Gasteiger partial charge in [-0.05, 0) is 62.0 Å². The Bertz CT molecular complexity index is 708. The van der Waals surface area contributed by atoms with E-state index in [-0.39, 0.29) is 34.5 Å². The summed E-state index contributed by atoms with van der Waals surface area (Å²) >= 11 is 0. The number of piperidine rings is 1. The monoisotopic (exact) mass is 392 g/mol. The molecule has 2 saturated heterocycles. The van der Waals surface area contributed by atoms with Crippen LogP contribution in [0.3, 0.4) is 0 Å². The zero-order chi connectivity index (χ0) is 17.4. The molecule has 1 unspecified atom stereocenters. The third kappa shape index (κ3) is 3.85. The van der Waals surface area contributed by atoms with Crippen molar-refractivity contribution < 1.29 is 17.5 Å². The summed E-state index contributed by atoms with van der Waals surface area (Å²) in [5.74, 6) is -0.191. The van der Waals surface area contributed by atoms with Gasteiger partial charge in [0.15, 0.2) is 0 Å². The van der Waals surface area contributed by atoms with Crippen molar-refractivity contribution in [3.63, 3.8) is 0 Å². The van der Waals surface area contributed by atoms with Crippen LogP contribution in [-0.2, 0) is 14.8 Å². The molecule has 8 heteroatoms. The standard InChI is InChI=1S/C17H25FN2O3S.ClH/c1-13-9-15(3-4-16(13)18)24(21,22)20-10-14(11-23-2)17(12-20)5-7-19-8-6-17;/h3-4,9,14,19H,5-8,10-12H2,1-2H3;1H. The van der Waals surface area contributed by atoms with Crippen molar-refractivity contribution in [2.75, 3.05) is 39.9 Å². The first kappa shape index (κ1) is 20.6. The van der Waals surface area contributed by atoms with Crippen molar-refractivity contribution in [3.8, 4) is 0 Å². The minimum atomic E-state index is -3.61. The van der Waals surface area contributed by atoms with E-state index in [9.17, 15) is 12.8 Å². The number of benzene rings is 1. The normalized spacial score (nSPS) is 23.6. The van der Waals surface area contributed by atoms with Crippen LogP contribution in [0.4, 0.5) is 4.39 Å². The zero-order valence-electron chi connectivity index (χ0n) is 14.6. The van der Waals surface area contributed by atoms with Crippen molar-refractivity contribution in [2.24, 2.45) is 11.3 Å². The average molecular weight is 393 g/mol. The highest BCUT2D eigenvalue weighted by molar-refractivity contribution is 7.89. The summed E-state index contributed by atoms with van der Waals surface area (Å²) < 4.78 is 46.4. The number of sulfonamides is 1. The van der Waals surface area contributed by atoms with Crippen molar-refractivity contribution in [1.82, 2.24) is 9.62 Å². The molecule has 0 aliphatic carbocycles. The van der Waals surface area contributed by atoms with Crippen LogP contribution in [0.2, 0.25) is 0 Å². The lowest BCUT2D eigenvalue weighted by Crippen LogP contribution is -2.43. The molecule has 1 N–H and O–H groups in total. The topological polar surface area (TPSA) is 58.6 Å². The summed E-state index contributed by atoms with van der Waals surface area (Å²) in [6, 6.07) is 4.01. The number of halogens is 2. The maximum absolute atomic E-state index is 13.5. The summed E-state index contributed by atoms with van der Waals surface area (Å²) in [4.78, 5) is 0.170. The third-order valence-electron chi connectivity index (χ3n) is 5.52. The number of nitrogens with zero attached hydrogens (tertiary/aromatic N) is 1. The highest BCUT2D eigenvalue weighted by Gasteiger charge is 2.50. The summed E-state index contributed by atoms with van der Waals surface area (Å²) in [5, 5.41) is 3.35. The smallest absolute Gasteiger partial charge is 0.243 e. The number of methoxy groups -OCH3 is 1. The van der Waals surface area contributed by atoms with E-state index in [2.05, 4.69) is 5.32 Å². The SMILES string of the molecule is COCC1CN(S(=O)(=O)c2ccc(F)c(C)c2)CC12CCNCC2.Cl. The van der Waals surface area contributed by atoms with Crippen LogP contribution >= 0.6 is 12.4 Å². The lowest BCUT2D eigenvalue weighted by molar-refractivity contribution is 0.0718. The molecule has 25 heavy (non-hydrogen) atoms. The van der Waals surface area contributed by atoms with Gasteiger partial charge in [0, 0.05) is 26.1 Å². The van der Waals surface area contributed by atoms with Gasteiger partial charge < -0.3 is 10.1 Å². The number of nitrogens with one attached hydrogen (secondary N) is 1. The molecule has 0 bridgehead atoms. The zero-order valence-corrected chi connectivity index (χ0v) is 16.3. The van der Waals surface area contributed by atoms with Crippen LogP contribution in [0, 0.1) is 24.1 Å². The Kier molecular flexibility index (Phi) is 6.49. The molecule has 2 heterocycles. The Hall–Kier alpha value is -0.730. The molecule has 142 valence electrons. The molecule has 0 radical (unpaired) electrons. The number of rotatable bonds is 4. The molecule has 0 aromatic heterocycles. The number of hydrogen-bond donors (Lipinski definition) is 1. The van der Waals surface area contributed by atoms with Crippen molar-refractivity contribution in [1.29, 1.82) is 0 Å². The van der Waals surface area contributed by atoms with E-state index in [0.29, 0.717) is 25.3 Å². The molecule has 0 saturated carbocycles. The molecule has 1 aromatic carbocycles. The van der Waals surface area contributed by atoms with Gasteiger partial charge >= 0.3 is 0 Å². The predicted octanol–water partition coefficient (Wildman–Crippen LogP) is 2.19. The molecular weight excluding hydrogens is 367 g/mol. The van der Waals surface area contributed by atoms with Crippen molar-refractivity contribution in [3.05, 3.63) is 29.6 Å². The van der Waals surface area contributed by atoms with Crippen LogP contribution in [0.15, 0.2) is 23.1 Å². The molecule has 0 amide bonds. The Balaban J connectivity index is 0.00000225. The fraction of sp³-hybridized carbons (Fsp3) is 0.647. The van der Waals surface area contributed by atoms with Gasteiger partial charge in [-0.3, -0.25) is 0 Å². The Morgan fingerprint density at radius 1 is 1.36 bits per heavy atom. The van der Waals surface area contributed by atoms with E-state index in [1.165, 1.54) is 18.2 Å². The lowest BCUT2D eigenvalue weighted by atomic mass is 9.71. The van der Waals surface area contributed by atoms with Gasteiger partial charge in [0.2, 0.25) is 10.0 Å². The first-order valence-corrected chi connectivity index (χ1v) is 9.79. The largest absolute Gasteiger partial charge is 0.384 e. The lowest BCUT2D eigenvalue weighted by Gasteiger charge is -2.38. The highest BCUT2D eigenvalue weighted by atomic mass is 35.5. The fourth-order valence-electron chi connectivity index (χ4n) is 4.02. The second-order valence-corrected chi connectivity index (χ2v) is 8.91. The molecule has 2 aliphatic heterocycles. The summed E-state index contributed by atoms with van der Waals surface area (Å²) in [6.07, 6.45) is 1.91. The number of ether oxygens (including phenoxy) is 1. The molecule has 3 rings (SSSR count). The molecule has 5 nitrogen and oxygen atoms in total. The van der Waals surface area contributed by atoms with Crippen LogP contribution in [-0.4, -0.2) is 52.6 Å². The molecule has 1 spiro atoms. The van der Waals surface area contributed by atoms with Crippen LogP contribution in [0.5, 0.6) is 0 Å². The van der Waals surface area contributed by atoms with Crippen LogP contribution in [0.25, 0.3) is 0 Å². The summed E-state index contributed by atoms with van der Waals surface area (Å²) in [6.45, 7) is 4.94. The fourth-order valence-corrected chi connectivity index (χ4v) is 5.68. The van der Waals surface area contributed by atoms with E-state index in [0.717, 1.165) is 25.9 Å². The quantitative estimate of drug-likeness (QED) is 0.853. The number of hydrogen-bond acceptors (Lipinski definition) is 4. The minimum Gasteiger partial charge on any atom is -0.384 e. The minimum absolute atomic E-state index is 0.